The first-order valence-corrected chi connectivity index (χ1v) is 12.5. The maximum absolute atomic E-state index is 13.9. The number of hydrogen-bond acceptors (Lipinski definition) is 8. The van der Waals surface area contributed by atoms with Crippen molar-refractivity contribution in [3.63, 3.8) is 0 Å². The molecule has 9 nitrogen and oxygen atoms in total. The highest BCUT2D eigenvalue weighted by Gasteiger charge is 2.51. The summed E-state index contributed by atoms with van der Waals surface area (Å²) in [5, 5.41) is 4.24. The van der Waals surface area contributed by atoms with E-state index in [9.17, 15) is 13.2 Å². The zero-order valence-corrected chi connectivity index (χ0v) is 21.8. The van der Waals surface area contributed by atoms with Crippen LogP contribution in [0.1, 0.15) is 42.2 Å². The van der Waals surface area contributed by atoms with Crippen molar-refractivity contribution in [1.82, 2.24) is 19.7 Å². The second kappa shape index (κ2) is 11.3. The lowest BCUT2D eigenvalue weighted by molar-refractivity contribution is -0.327. The van der Waals surface area contributed by atoms with Crippen LogP contribution in [-0.2, 0) is 29.9 Å². The van der Waals surface area contributed by atoms with Crippen molar-refractivity contribution in [3.8, 4) is 5.69 Å². The zero-order valence-electron chi connectivity index (χ0n) is 21.0. The molecule has 0 bridgehead atoms. The molecule has 0 radical (unpaired) electrons. The maximum Gasteiger partial charge on any atom is 0.435 e. The van der Waals surface area contributed by atoms with Crippen molar-refractivity contribution >= 4 is 17.7 Å². The van der Waals surface area contributed by atoms with Crippen LogP contribution in [0.4, 0.5) is 13.2 Å². The van der Waals surface area contributed by atoms with Gasteiger partial charge >= 0.3 is 6.18 Å². The fourth-order valence-electron chi connectivity index (χ4n) is 4.83. The average molecular weight is 567 g/mol. The van der Waals surface area contributed by atoms with Crippen LogP contribution in [0, 0.1) is 5.92 Å². The number of benzene rings is 1. The van der Waals surface area contributed by atoms with Crippen LogP contribution in [0.3, 0.4) is 0 Å². The van der Waals surface area contributed by atoms with Crippen molar-refractivity contribution in [2.75, 3.05) is 20.5 Å². The molecule has 0 aliphatic carbocycles. The quantitative estimate of drug-likeness (QED) is 0.363. The summed E-state index contributed by atoms with van der Waals surface area (Å²) in [5.74, 6) is -0.172. The first-order chi connectivity index (χ1) is 18.7. The molecular formula is C26H26ClF3N4O5. The van der Waals surface area contributed by atoms with Gasteiger partial charge in [-0.25, -0.2) is 14.6 Å². The van der Waals surface area contributed by atoms with Crippen molar-refractivity contribution < 1.29 is 36.9 Å². The number of pyridine rings is 1. The third kappa shape index (κ3) is 5.58. The molecule has 0 amide bonds. The molecule has 13 heteroatoms. The molecule has 208 valence electrons. The Labute approximate surface area is 227 Å². The van der Waals surface area contributed by atoms with Crippen LogP contribution < -0.4 is 0 Å². The topological polar surface area (TPSA) is 89.8 Å². The standard InChI is InChI=1S/C26H26ClF3N4O5/c1-4-19-32-24(34(33-19)17-10-16(27)11-31-23(17)26(28,29)30)22-21(37-13-35-3)14(2)20-18(38-22)12-36-25(39-20)15-8-6-5-7-9-15/h4-11,14,18,20-22,25H,1,12-13H2,2-3H3/t14?,18?,20-,21?,22-,25?/m1/s1. The minimum Gasteiger partial charge on any atom is -0.359 e. The van der Waals surface area contributed by atoms with Gasteiger partial charge < -0.3 is 23.7 Å². The Balaban J connectivity index is 1.55. The van der Waals surface area contributed by atoms with Crippen molar-refractivity contribution in [3.05, 3.63) is 77.1 Å². The second-order valence-electron chi connectivity index (χ2n) is 9.13. The van der Waals surface area contributed by atoms with E-state index in [1.807, 2.05) is 37.3 Å². The van der Waals surface area contributed by atoms with Gasteiger partial charge in [0.05, 0.1) is 29.5 Å². The van der Waals surface area contributed by atoms with Crippen LogP contribution in [0.2, 0.25) is 5.02 Å². The van der Waals surface area contributed by atoms with Crippen LogP contribution >= 0.6 is 11.6 Å². The predicted molar refractivity (Wildman–Crippen MR) is 133 cm³/mol. The van der Waals surface area contributed by atoms with Crippen LogP contribution in [0.25, 0.3) is 11.8 Å². The monoisotopic (exact) mass is 566 g/mol. The normalized spacial score (nSPS) is 27.2. The van der Waals surface area contributed by atoms with Crippen molar-refractivity contribution in [2.45, 2.75) is 43.8 Å². The van der Waals surface area contributed by atoms with Crippen LogP contribution in [0.15, 0.2) is 49.2 Å². The van der Waals surface area contributed by atoms with E-state index >= 15 is 0 Å². The lowest BCUT2D eigenvalue weighted by atomic mass is 9.86. The number of methoxy groups -OCH3 is 1. The van der Waals surface area contributed by atoms with E-state index in [1.54, 1.807) is 0 Å². The number of halogens is 4. The van der Waals surface area contributed by atoms with Gasteiger partial charge in [-0.3, -0.25) is 0 Å². The summed E-state index contributed by atoms with van der Waals surface area (Å²) in [5.41, 5.74) is -0.738. The highest BCUT2D eigenvalue weighted by molar-refractivity contribution is 6.30. The van der Waals surface area contributed by atoms with Crippen molar-refractivity contribution in [1.29, 1.82) is 0 Å². The van der Waals surface area contributed by atoms with Gasteiger partial charge in [0, 0.05) is 24.8 Å². The maximum atomic E-state index is 13.9. The van der Waals surface area contributed by atoms with Gasteiger partial charge in [0.1, 0.15) is 19.0 Å². The Morgan fingerprint density at radius 3 is 2.69 bits per heavy atom. The summed E-state index contributed by atoms with van der Waals surface area (Å²) in [4.78, 5) is 7.97. The Morgan fingerprint density at radius 2 is 2.00 bits per heavy atom. The lowest BCUT2D eigenvalue weighted by Gasteiger charge is -2.48. The summed E-state index contributed by atoms with van der Waals surface area (Å²) in [6.07, 6.45) is -5.87. The molecule has 39 heavy (non-hydrogen) atoms. The second-order valence-corrected chi connectivity index (χ2v) is 9.57. The van der Waals surface area contributed by atoms with Gasteiger partial charge in [0.15, 0.2) is 23.6 Å². The Morgan fingerprint density at radius 1 is 1.23 bits per heavy atom. The van der Waals surface area contributed by atoms with E-state index in [0.717, 1.165) is 22.5 Å². The molecular weight excluding hydrogens is 541 g/mol. The summed E-state index contributed by atoms with van der Waals surface area (Å²) >= 11 is 6.05. The fourth-order valence-corrected chi connectivity index (χ4v) is 4.98. The summed E-state index contributed by atoms with van der Waals surface area (Å²) in [7, 11) is 1.47. The number of fused-ring (bicyclic) bond motifs is 1. The molecule has 5 rings (SSSR count). The average Bonchev–Trinajstić information content (AvgIpc) is 3.36. The number of aromatic nitrogens is 4. The summed E-state index contributed by atoms with van der Waals surface area (Å²) in [6, 6.07) is 10.6. The molecule has 0 spiro atoms. The molecule has 2 aliphatic heterocycles. The van der Waals surface area contributed by atoms with Gasteiger partial charge in [0.2, 0.25) is 0 Å². The molecule has 2 fully saturated rings. The van der Waals surface area contributed by atoms with Gasteiger partial charge in [-0.15, -0.1) is 5.10 Å². The van der Waals surface area contributed by atoms with E-state index in [4.69, 9.17) is 35.3 Å². The smallest absolute Gasteiger partial charge is 0.359 e. The van der Waals surface area contributed by atoms with E-state index in [2.05, 4.69) is 21.6 Å². The number of alkyl halides is 3. The van der Waals surface area contributed by atoms with Crippen molar-refractivity contribution in [2.24, 2.45) is 5.92 Å². The fraction of sp³-hybridized carbons (Fsp3) is 0.423. The Bertz CT molecular complexity index is 1310. The molecule has 0 N–H and O–H groups in total. The largest absolute Gasteiger partial charge is 0.435 e. The minimum absolute atomic E-state index is 0.00850. The first-order valence-electron chi connectivity index (χ1n) is 12.1. The molecule has 2 aromatic heterocycles. The van der Waals surface area contributed by atoms with E-state index in [-0.39, 0.29) is 36.0 Å². The molecule has 2 saturated heterocycles. The van der Waals surface area contributed by atoms with E-state index in [1.165, 1.54) is 13.2 Å². The van der Waals surface area contributed by atoms with Crippen LogP contribution in [-0.4, -0.2) is 58.6 Å². The molecule has 2 aliphatic rings. The Hall–Kier alpha value is -2.87. The molecule has 1 aromatic carbocycles. The molecule has 0 saturated carbocycles. The van der Waals surface area contributed by atoms with Gasteiger partial charge in [-0.2, -0.15) is 13.2 Å². The Kier molecular flexibility index (Phi) is 8.04. The summed E-state index contributed by atoms with van der Waals surface area (Å²) in [6.45, 7) is 5.66. The molecule has 6 atom stereocenters. The lowest BCUT2D eigenvalue weighted by Crippen LogP contribution is -2.56. The van der Waals surface area contributed by atoms with E-state index < -0.39 is 48.3 Å². The molecule has 3 aromatic rings. The van der Waals surface area contributed by atoms with Crippen LogP contribution in [0.5, 0.6) is 0 Å². The number of nitrogens with zero attached hydrogens (tertiary/aromatic N) is 4. The summed E-state index contributed by atoms with van der Waals surface area (Å²) < 4.78 is 72.7. The number of rotatable bonds is 7. The molecule has 4 unspecified atom stereocenters. The third-order valence-corrected chi connectivity index (χ3v) is 6.79. The predicted octanol–water partition coefficient (Wildman–Crippen LogP) is 5.16. The highest BCUT2D eigenvalue weighted by atomic mass is 35.5. The van der Waals surface area contributed by atoms with Gasteiger partial charge in [0.25, 0.3) is 0 Å². The zero-order chi connectivity index (χ0) is 27.7. The third-order valence-electron chi connectivity index (χ3n) is 6.58. The number of ether oxygens (including phenoxy) is 5. The SMILES string of the molecule is C=Cc1nc([C@@H]2OC3COC(c4ccccc4)O[C@@H]3C(C)C2OCOC)n(-c2cc(Cl)cnc2C(F)(F)F)n1. The first kappa shape index (κ1) is 27.7. The van der Waals surface area contributed by atoms with E-state index in [0.29, 0.717) is 0 Å². The van der Waals surface area contributed by atoms with Gasteiger partial charge in [-0.05, 0) is 12.1 Å². The van der Waals surface area contributed by atoms with Gasteiger partial charge in [-0.1, -0.05) is 55.4 Å². The minimum atomic E-state index is -4.78. The molecule has 4 heterocycles. The number of hydrogen-bond donors (Lipinski definition) is 0. The highest BCUT2D eigenvalue weighted by Crippen LogP contribution is 2.44.